The van der Waals surface area contributed by atoms with Crippen molar-refractivity contribution in [3.63, 3.8) is 0 Å². The fourth-order valence-electron chi connectivity index (χ4n) is 1.76. The number of hydrogen-bond acceptors (Lipinski definition) is 4. The average molecular weight is 349 g/mol. The maximum Gasteiger partial charge on any atom is 0.244 e. The molecule has 1 aromatic carbocycles. The van der Waals surface area contributed by atoms with Gasteiger partial charge in [-0.1, -0.05) is 11.6 Å². The number of aryl methyl sites for hydroxylation is 1. The van der Waals surface area contributed by atoms with E-state index in [0.717, 1.165) is 22.6 Å². The molecule has 0 radical (unpaired) electrons. The van der Waals surface area contributed by atoms with Crippen molar-refractivity contribution in [2.75, 3.05) is 12.8 Å². The molecule has 4 nitrogen and oxygen atoms in total. The van der Waals surface area contributed by atoms with Crippen molar-refractivity contribution >= 4 is 38.6 Å². The molecule has 8 heteroatoms. The highest BCUT2D eigenvalue weighted by Crippen LogP contribution is 2.29. The third-order valence-corrected chi connectivity index (χ3v) is 6.35. The highest BCUT2D eigenvalue weighted by atomic mass is 35.5. The van der Waals surface area contributed by atoms with Gasteiger partial charge >= 0.3 is 0 Å². The van der Waals surface area contributed by atoms with Crippen LogP contribution in [-0.4, -0.2) is 19.8 Å². The molecule has 21 heavy (non-hydrogen) atoms. The quantitative estimate of drug-likeness (QED) is 0.862. The second-order valence-electron chi connectivity index (χ2n) is 4.59. The lowest BCUT2D eigenvalue weighted by Gasteiger charge is -2.18. The molecule has 1 aromatic heterocycles. The van der Waals surface area contributed by atoms with Crippen LogP contribution in [0.5, 0.6) is 0 Å². The molecule has 0 amide bonds. The molecule has 0 aliphatic rings. The molecular weight excluding hydrogens is 335 g/mol. The Kier molecular flexibility index (Phi) is 4.57. The lowest BCUT2D eigenvalue weighted by atomic mass is 10.3. The van der Waals surface area contributed by atoms with Crippen LogP contribution in [-0.2, 0) is 16.6 Å². The summed E-state index contributed by atoms with van der Waals surface area (Å²) in [5.41, 5.74) is 6.20. The first kappa shape index (κ1) is 16.2. The van der Waals surface area contributed by atoms with Gasteiger partial charge in [0, 0.05) is 18.5 Å². The Morgan fingerprint density at radius 3 is 2.67 bits per heavy atom. The second kappa shape index (κ2) is 5.92. The molecule has 0 spiro atoms. The summed E-state index contributed by atoms with van der Waals surface area (Å²) in [4.78, 5) is 0.743. The number of rotatable bonds is 4. The van der Waals surface area contributed by atoms with Crippen LogP contribution in [0.4, 0.5) is 10.1 Å². The summed E-state index contributed by atoms with van der Waals surface area (Å²) in [7, 11) is -2.39. The number of sulfonamides is 1. The highest BCUT2D eigenvalue weighted by molar-refractivity contribution is 7.89. The van der Waals surface area contributed by atoms with Crippen molar-refractivity contribution in [1.29, 1.82) is 0 Å². The number of anilines is 1. The van der Waals surface area contributed by atoms with Crippen molar-refractivity contribution in [2.45, 2.75) is 18.4 Å². The van der Waals surface area contributed by atoms with Crippen LogP contribution in [0.2, 0.25) is 5.02 Å². The van der Waals surface area contributed by atoms with Crippen LogP contribution < -0.4 is 5.73 Å². The number of thiophene rings is 1. The van der Waals surface area contributed by atoms with Gasteiger partial charge in [-0.15, -0.1) is 11.3 Å². The summed E-state index contributed by atoms with van der Waals surface area (Å²) in [6.07, 6.45) is 0. The first-order chi connectivity index (χ1) is 9.73. The Morgan fingerprint density at radius 2 is 2.10 bits per heavy atom. The predicted octanol–water partition coefficient (Wildman–Crippen LogP) is 3.25. The van der Waals surface area contributed by atoms with Crippen LogP contribution >= 0.6 is 22.9 Å². The van der Waals surface area contributed by atoms with E-state index in [1.807, 2.05) is 18.4 Å². The maximum atomic E-state index is 13.3. The van der Waals surface area contributed by atoms with Crippen molar-refractivity contribution in [1.82, 2.24) is 4.31 Å². The molecule has 2 N–H and O–H groups in total. The maximum absolute atomic E-state index is 13.3. The van der Waals surface area contributed by atoms with E-state index in [2.05, 4.69) is 0 Å². The third kappa shape index (κ3) is 3.21. The van der Waals surface area contributed by atoms with E-state index in [-0.39, 0.29) is 22.2 Å². The van der Waals surface area contributed by atoms with Crippen molar-refractivity contribution in [2.24, 2.45) is 0 Å². The monoisotopic (exact) mass is 348 g/mol. The van der Waals surface area contributed by atoms with E-state index >= 15 is 0 Å². The molecule has 0 unspecified atom stereocenters. The van der Waals surface area contributed by atoms with Gasteiger partial charge in [0.2, 0.25) is 10.0 Å². The molecule has 114 valence electrons. The van der Waals surface area contributed by atoms with Crippen LogP contribution in [0.1, 0.15) is 10.4 Å². The summed E-state index contributed by atoms with van der Waals surface area (Å²) in [5, 5.41) is 1.71. The molecule has 2 rings (SSSR count). The van der Waals surface area contributed by atoms with Gasteiger partial charge in [0.1, 0.15) is 10.7 Å². The number of nitrogens with zero attached hydrogens (tertiary/aromatic N) is 1. The molecular formula is C13H14ClFN2O2S2. The Bertz CT molecular complexity index is 774. The number of halogens is 2. The summed E-state index contributed by atoms with van der Waals surface area (Å²) < 4.78 is 39.5. The first-order valence-corrected chi connectivity index (χ1v) is 8.67. The van der Waals surface area contributed by atoms with Gasteiger partial charge in [-0.25, -0.2) is 12.8 Å². The molecule has 0 saturated heterocycles. The number of nitrogen functional groups attached to an aromatic ring is 1. The van der Waals surface area contributed by atoms with Gasteiger partial charge in [-0.2, -0.15) is 4.31 Å². The minimum absolute atomic E-state index is 0.184. The Morgan fingerprint density at radius 1 is 1.43 bits per heavy atom. The Labute approximate surface area is 132 Å². The van der Waals surface area contributed by atoms with Crippen LogP contribution in [0.3, 0.4) is 0 Å². The molecule has 0 bridgehead atoms. The second-order valence-corrected chi connectivity index (χ2v) is 8.01. The third-order valence-electron chi connectivity index (χ3n) is 3.07. The van der Waals surface area contributed by atoms with Crippen LogP contribution in [0, 0.1) is 12.7 Å². The normalized spacial score (nSPS) is 12.0. The van der Waals surface area contributed by atoms with E-state index in [9.17, 15) is 12.8 Å². The van der Waals surface area contributed by atoms with Gasteiger partial charge in [-0.3, -0.25) is 0 Å². The lowest BCUT2D eigenvalue weighted by Crippen LogP contribution is -2.26. The highest BCUT2D eigenvalue weighted by Gasteiger charge is 2.25. The summed E-state index contributed by atoms with van der Waals surface area (Å²) in [6.45, 7) is 2.13. The molecule has 0 aliphatic heterocycles. The minimum Gasteiger partial charge on any atom is -0.396 e. The average Bonchev–Trinajstić information content (AvgIpc) is 2.79. The molecule has 1 heterocycles. The van der Waals surface area contributed by atoms with Gasteiger partial charge in [0.05, 0.1) is 10.7 Å². The molecule has 2 aromatic rings. The van der Waals surface area contributed by atoms with Crippen molar-refractivity contribution in [3.05, 3.63) is 44.9 Å². The SMILES string of the molecule is Cc1ccsc1CN(C)S(=O)(=O)c1cc(N)c(F)cc1Cl. The summed E-state index contributed by atoms with van der Waals surface area (Å²) in [5.74, 6) is -0.740. The topological polar surface area (TPSA) is 63.4 Å². The van der Waals surface area contributed by atoms with E-state index in [4.69, 9.17) is 17.3 Å². The van der Waals surface area contributed by atoms with Crippen LogP contribution in [0.25, 0.3) is 0 Å². The first-order valence-electron chi connectivity index (χ1n) is 5.97. The number of hydrogen-bond donors (Lipinski definition) is 1. The van der Waals surface area contributed by atoms with Gasteiger partial charge in [-0.05, 0) is 36.1 Å². The standard InChI is InChI=1S/C13H14ClFN2O2S2/c1-8-3-4-20-12(8)7-17(2)21(18,19)13-6-11(16)10(15)5-9(13)14/h3-6H,7,16H2,1-2H3. The zero-order valence-corrected chi connectivity index (χ0v) is 13.8. The van der Waals surface area contributed by atoms with Crippen molar-refractivity contribution < 1.29 is 12.8 Å². The summed E-state index contributed by atoms with van der Waals surface area (Å²) >= 11 is 7.32. The zero-order valence-electron chi connectivity index (χ0n) is 11.4. The van der Waals surface area contributed by atoms with Gasteiger partial charge in [0.15, 0.2) is 0 Å². The smallest absolute Gasteiger partial charge is 0.244 e. The van der Waals surface area contributed by atoms with E-state index in [0.29, 0.717) is 0 Å². The predicted molar refractivity (Wildman–Crippen MR) is 83.5 cm³/mol. The van der Waals surface area contributed by atoms with E-state index in [1.54, 1.807) is 0 Å². The molecule has 0 saturated carbocycles. The summed E-state index contributed by atoms with van der Waals surface area (Å²) in [6, 6.07) is 3.88. The van der Waals surface area contributed by atoms with E-state index < -0.39 is 15.8 Å². The molecule has 0 aliphatic carbocycles. The van der Waals surface area contributed by atoms with Crippen molar-refractivity contribution in [3.8, 4) is 0 Å². The largest absolute Gasteiger partial charge is 0.396 e. The Balaban J connectivity index is 2.38. The fourth-order valence-corrected chi connectivity index (χ4v) is 4.46. The molecule has 0 atom stereocenters. The Hall–Kier alpha value is -1.15. The number of nitrogens with two attached hydrogens (primary N) is 1. The molecule has 0 fully saturated rings. The minimum atomic E-state index is -3.84. The van der Waals surface area contributed by atoms with Gasteiger partial charge < -0.3 is 5.73 Å². The van der Waals surface area contributed by atoms with E-state index in [1.165, 1.54) is 22.7 Å². The zero-order chi connectivity index (χ0) is 15.8. The van der Waals surface area contributed by atoms with Crippen LogP contribution in [0.15, 0.2) is 28.5 Å². The fraction of sp³-hybridized carbons (Fsp3) is 0.231. The number of benzene rings is 1. The lowest BCUT2D eigenvalue weighted by molar-refractivity contribution is 0.469. The van der Waals surface area contributed by atoms with Gasteiger partial charge in [0.25, 0.3) is 0 Å².